The molecule has 1 aromatic rings. The molecule has 138 valence electrons. The average molecular weight is 348 g/mol. The van der Waals surface area contributed by atoms with Gasteiger partial charge in [-0.2, -0.15) is 0 Å². The van der Waals surface area contributed by atoms with Crippen LogP contribution in [0.4, 0.5) is 4.79 Å². The van der Waals surface area contributed by atoms with Crippen LogP contribution < -0.4 is 10.1 Å². The van der Waals surface area contributed by atoms with Crippen LogP contribution in [0, 0.1) is 11.8 Å². The molecule has 1 aromatic carbocycles. The number of carbonyl (C=O) groups is 2. The van der Waals surface area contributed by atoms with Gasteiger partial charge in [-0.1, -0.05) is 39.0 Å². The minimum absolute atomic E-state index is 0.190. The number of aliphatic carboxylic acids is 1. The predicted molar refractivity (Wildman–Crippen MR) is 95.9 cm³/mol. The van der Waals surface area contributed by atoms with Gasteiger partial charge in [-0.05, 0) is 29.9 Å². The van der Waals surface area contributed by atoms with Gasteiger partial charge in [0.05, 0.1) is 12.5 Å². The standard InChI is InChI=1S/C19H28N2O4/c1-13(2)16-6-4-5-7-17(16)25-9-8-20-19(24)21-11-14(3)10-15(12-21)18(22)23/h4-7,13-15H,8-12H2,1-3H3,(H,20,24)(H,22,23). The monoisotopic (exact) mass is 348 g/mol. The van der Waals surface area contributed by atoms with E-state index in [1.54, 1.807) is 4.90 Å². The first-order valence-corrected chi connectivity index (χ1v) is 8.85. The van der Waals surface area contributed by atoms with Crippen LogP contribution in [0.1, 0.15) is 38.7 Å². The molecule has 1 saturated heterocycles. The number of amides is 2. The van der Waals surface area contributed by atoms with Gasteiger partial charge in [-0.3, -0.25) is 4.79 Å². The third-order valence-electron chi connectivity index (χ3n) is 4.47. The van der Waals surface area contributed by atoms with E-state index in [-0.39, 0.29) is 18.5 Å². The highest BCUT2D eigenvalue weighted by Crippen LogP contribution is 2.25. The van der Waals surface area contributed by atoms with Crippen molar-refractivity contribution in [3.63, 3.8) is 0 Å². The topological polar surface area (TPSA) is 78.9 Å². The Morgan fingerprint density at radius 2 is 2.04 bits per heavy atom. The summed E-state index contributed by atoms with van der Waals surface area (Å²) in [6.45, 7) is 7.81. The van der Waals surface area contributed by atoms with Crippen LogP contribution >= 0.6 is 0 Å². The van der Waals surface area contributed by atoms with Crippen molar-refractivity contribution in [1.29, 1.82) is 0 Å². The summed E-state index contributed by atoms with van der Waals surface area (Å²) in [6, 6.07) is 7.67. The van der Waals surface area contributed by atoms with Gasteiger partial charge in [0, 0.05) is 13.1 Å². The minimum atomic E-state index is -0.835. The van der Waals surface area contributed by atoms with Crippen molar-refractivity contribution in [3.05, 3.63) is 29.8 Å². The van der Waals surface area contributed by atoms with Crippen molar-refractivity contribution < 1.29 is 19.4 Å². The van der Waals surface area contributed by atoms with E-state index in [4.69, 9.17) is 4.74 Å². The van der Waals surface area contributed by atoms with Crippen LogP contribution in [0.3, 0.4) is 0 Å². The van der Waals surface area contributed by atoms with Crippen LogP contribution in [0.5, 0.6) is 5.75 Å². The fraction of sp³-hybridized carbons (Fsp3) is 0.579. The van der Waals surface area contributed by atoms with E-state index in [0.717, 1.165) is 11.3 Å². The fourth-order valence-corrected chi connectivity index (χ4v) is 3.22. The zero-order valence-electron chi connectivity index (χ0n) is 15.2. The Morgan fingerprint density at radius 1 is 1.32 bits per heavy atom. The van der Waals surface area contributed by atoms with Crippen LogP contribution in [-0.4, -0.2) is 48.2 Å². The Hall–Kier alpha value is -2.24. The van der Waals surface area contributed by atoms with Gasteiger partial charge in [-0.25, -0.2) is 4.79 Å². The molecule has 6 heteroatoms. The number of likely N-dealkylation sites (tertiary alicyclic amines) is 1. The Kier molecular flexibility index (Phi) is 6.67. The number of rotatable bonds is 6. The normalized spacial score (nSPS) is 20.4. The number of urea groups is 1. The van der Waals surface area contributed by atoms with Crippen LogP contribution in [0.25, 0.3) is 0 Å². The van der Waals surface area contributed by atoms with Crippen LogP contribution in [-0.2, 0) is 4.79 Å². The van der Waals surface area contributed by atoms with E-state index in [1.807, 2.05) is 31.2 Å². The van der Waals surface area contributed by atoms with E-state index < -0.39 is 11.9 Å². The second-order valence-corrected chi connectivity index (χ2v) is 7.05. The smallest absolute Gasteiger partial charge is 0.317 e. The van der Waals surface area contributed by atoms with Gasteiger partial charge in [0.25, 0.3) is 0 Å². The van der Waals surface area contributed by atoms with Crippen LogP contribution in [0.2, 0.25) is 0 Å². The zero-order chi connectivity index (χ0) is 18.4. The molecular weight excluding hydrogens is 320 g/mol. The second kappa shape index (κ2) is 8.74. The van der Waals surface area contributed by atoms with Crippen LogP contribution in [0.15, 0.2) is 24.3 Å². The van der Waals surface area contributed by atoms with Gasteiger partial charge in [0.2, 0.25) is 0 Å². The maximum atomic E-state index is 12.3. The molecule has 2 unspecified atom stereocenters. The largest absolute Gasteiger partial charge is 0.491 e. The molecular formula is C19H28N2O4. The van der Waals surface area contributed by atoms with Crippen molar-refractivity contribution in [2.45, 2.75) is 33.1 Å². The number of nitrogens with zero attached hydrogens (tertiary/aromatic N) is 1. The molecule has 2 N–H and O–H groups in total. The lowest BCUT2D eigenvalue weighted by atomic mass is 9.91. The third kappa shape index (κ3) is 5.37. The number of carbonyl (C=O) groups excluding carboxylic acids is 1. The number of carboxylic acids is 1. The molecule has 25 heavy (non-hydrogen) atoms. The molecule has 0 bridgehead atoms. The minimum Gasteiger partial charge on any atom is -0.491 e. The molecule has 0 aromatic heterocycles. The van der Waals surface area contributed by atoms with Crippen molar-refractivity contribution in [3.8, 4) is 5.75 Å². The van der Waals surface area contributed by atoms with E-state index in [1.165, 1.54) is 0 Å². The van der Waals surface area contributed by atoms with E-state index in [2.05, 4.69) is 19.2 Å². The Labute approximate surface area is 149 Å². The highest BCUT2D eigenvalue weighted by atomic mass is 16.5. The van der Waals surface area contributed by atoms with Gasteiger partial charge in [0.15, 0.2) is 0 Å². The van der Waals surface area contributed by atoms with Crippen molar-refractivity contribution >= 4 is 12.0 Å². The molecule has 0 spiro atoms. The fourth-order valence-electron chi connectivity index (χ4n) is 3.22. The molecule has 2 atom stereocenters. The highest BCUT2D eigenvalue weighted by molar-refractivity contribution is 5.76. The molecule has 2 amide bonds. The summed E-state index contributed by atoms with van der Waals surface area (Å²) in [5.41, 5.74) is 1.14. The summed E-state index contributed by atoms with van der Waals surface area (Å²) in [5.74, 6) is 0.0780. The van der Waals surface area contributed by atoms with E-state index >= 15 is 0 Å². The lowest BCUT2D eigenvalue weighted by Gasteiger charge is -2.34. The molecule has 0 saturated carbocycles. The molecule has 1 fully saturated rings. The third-order valence-corrected chi connectivity index (χ3v) is 4.47. The molecule has 1 heterocycles. The average Bonchev–Trinajstić information content (AvgIpc) is 2.58. The lowest BCUT2D eigenvalue weighted by molar-refractivity contribution is -0.143. The Morgan fingerprint density at radius 3 is 2.72 bits per heavy atom. The number of nitrogens with one attached hydrogen (secondary N) is 1. The maximum absolute atomic E-state index is 12.3. The highest BCUT2D eigenvalue weighted by Gasteiger charge is 2.31. The molecule has 2 rings (SSSR count). The van der Waals surface area contributed by atoms with Gasteiger partial charge < -0.3 is 20.1 Å². The van der Waals surface area contributed by atoms with Gasteiger partial charge >= 0.3 is 12.0 Å². The summed E-state index contributed by atoms with van der Waals surface area (Å²) >= 11 is 0. The van der Waals surface area contributed by atoms with E-state index in [0.29, 0.717) is 32.0 Å². The van der Waals surface area contributed by atoms with E-state index in [9.17, 15) is 14.7 Å². The van der Waals surface area contributed by atoms with Crippen molar-refractivity contribution in [2.24, 2.45) is 11.8 Å². The number of carboxylic acid groups (broad SMARTS) is 1. The first kappa shape index (κ1) is 19.1. The maximum Gasteiger partial charge on any atom is 0.317 e. The molecule has 1 aliphatic rings. The number of hydrogen-bond donors (Lipinski definition) is 2. The van der Waals surface area contributed by atoms with Crippen molar-refractivity contribution in [1.82, 2.24) is 10.2 Å². The first-order chi connectivity index (χ1) is 11.9. The summed E-state index contributed by atoms with van der Waals surface area (Å²) in [5, 5.41) is 12.0. The number of para-hydroxylation sites is 1. The number of benzene rings is 1. The molecule has 1 aliphatic heterocycles. The number of piperidine rings is 1. The van der Waals surface area contributed by atoms with Gasteiger partial charge in [0.1, 0.15) is 12.4 Å². The summed E-state index contributed by atoms with van der Waals surface area (Å²) in [6.07, 6.45) is 0.619. The summed E-state index contributed by atoms with van der Waals surface area (Å²) in [7, 11) is 0. The second-order valence-electron chi connectivity index (χ2n) is 7.05. The Balaban J connectivity index is 1.80. The summed E-state index contributed by atoms with van der Waals surface area (Å²) < 4.78 is 5.79. The number of ether oxygens (including phenoxy) is 1. The molecule has 6 nitrogen and oxygen atoms in total. The quantitative estimate of drug-likeness (QED) is 0.775. The van der Waals surface area contributed by atoms with Gasteiger partial charge in [-0.15, -0.1) is 0 Å². The zero-order valence-corrected chi connectivity index (χ0v) is 15.2. The molecule has 0 aliphatic carbocycles. The predicted octanol–water partition coefficient (Wildman–Crippen LogP) is 2.94. The first-order valence-electron chi connectivity index (χ1n) is 8.85. The summed E-state index contributed by atoms with van der Waals surface area (Å²) in [4.78, 5) is 25.1. The molecule has 0 radical (unpaired) electrons. The SMILES string of the molecule is CC1CC(C(=O)O)CN(C(=O)NCCOc2ccccc2C(C)C)C1. The lowest BCUT2D eigenvalue weighted by Crippen LogP contribution is -2.50. The number of hydrogen-bond acceptors (Lipinski definition) is 3. The Bertz CT molecular complexity index is 603. The van der Waals surface area contributed by atoms with Crippen molar-refractivity contribution in [2.75, 3.05) is 26.2 Å².